The van der Waals surface area contributed by atoms with Crippen LogP contribution in [0.5, 0.6) is 0 Å². The van der Waals surface area contributed by atoms with Crippen molar-refractivity contribution >= 4 is 22.9 Å². The summed E-state index contributed by atoms with van der Waals surface area (Å²) >= 11 is 0. The van der Waals surface area contributed by atoms with Crippen molar-refractivity contribution in [2.45, 2.75) is 12.8 Å². The minimum Gasteiger partial charge on any atom is -0.356 e. The second kappa shape index (κ2) is 3.02. The molecule has 1 N–H and O–H groups in total. The summed E-state index contributed by atoms with van der Waals surface area (Å²) < 4.78 is 0. The summed E-state index contributed by atoms with van der Waals surface area (Å²) in [5, 5.41) is 2.68. The van der Waals surface area contributed by atoms with Gasteiger partial charge >= 0.3 is 0 Å². The molecule has 3 heteroatoms. The largest absolute Gasteiger partial charge is 0.356 e. The maximum absolute atomic E-state index is 10.1. The molecule has 42 valence electrons. The third-order valence-electron chi connectivity index (χ3n) is 0.903. The van der Waals surface area contributed by atoms with Gasteiger partial charge in [0, 0.05) is 13.0 Å². The number of rotatable bonds is 0. The van der Waals surface area contributed by atoms with Gasteiger partial charge < -0.3 is 5.32 Å². The van der Waals surface area contributed by atoms with Crippen LogP contribution in [-0.2, 0) is 4.79 Å². The van der Waals surface area contributed by atoms with Gasteiger partial charge in [0.05, 0.1) is 0 Å². The lowest BCUT2D eigenvalue weighted by Gasteiger charge is -1.80. The van der Waals surface area contributed by atoms with Crippen molar-refractivity contribution in [1.82, 2.24) is 5.32 Å². The zero-order valence-electron chi connectivity index (χ0n) is 3.94. The molecule has 0 atom stereocenters. The number of hydrogen-bond acceptors (Lipinski definition) is 1. The zero-order chi connectivity index (χ0) is 4.41. The van der Waals surface area contributed by atoms with E-state index in [4.69, 9.17) is 0 Å². The van der Waals surface area contributed by atoms with E-state index in [1.54, 1.807) is 0 Å². The zero-order valence-corrected chi connectivity index (χ0v) is 5.65. The van der Waals surface area contributed by atoms with Crippen LogP contribution < -0.4 is 5.32 Å². The molecule has 1 saturated heterocycles. The Morgan fingerprint density at radius 3 is 2.43 bits per heavy atom. The van der Waals surface area contributed by atoms with E-state index in [1.807, 2.05) is 0 Å². The summed E-state index contributed by atoms with van der Waals surface area (Å²) in [6.45, 7) is 0.888. The highest BCUT2D eigenvalue weighted by Crippen LogP contribution is 1.93. The van der Waals surface area contributed by atoms with E-state index in [9.17, 15) is 4.79 Å². The molecule has 1 heterocycles. The highest BCUT2D eigenvalue weighted by molar-refractivity contribution is 8.93. The fourth-order valence-electron chi connectivity index (χ4n) is 0.565. The fraction of sp³-hybridized carbons (Fsp3) is 0.750. The van der Waals surface area contributed by atoms with Crippen LogP contribution in [0.1, 0.15) is 12.8 Å². The molecule has 1 aliphatic heterocycles. The molecule has 1 aliphatic rings. The Kier molecular flexibility index (Phi) is 3.00. The topological polar surface area (TPSA) is 29.1 Å². The van der Waals surface area contributed by atoms with Crippen LogP contribution in [0.15, 0.2) is 0 Å². The summed E-state index contributed by atoms with van der Waals surface area (Å²) in [6, 6.07) is 0. The smallest absolute Gasteiger partial charge is 0.220 e. The molecule has 0 unspecified atom stereocenters. The average molecular weight is 166 g/mol. The Bertz CT molecular complexity index is 66.1. The summed E-state index contributed by atoms with van der Waals surface area (Å²) in [5.74, 6) is 0.204. The van der Waals surface area contributed by atoms with Crippen LogP contribution in [-0.4, -0.2) is 12.5 Å². The number of amides is 1. The number of halogens is 1. The fourth-order valence-corrected chi connectivity index (χ4v) is 0.565. The number of hydrogen-bond donors (Lipinski definition) is 1. The maximum atomic E-state index is 10.1. The summed E-state index contributed by atoms with van der Waals surface area (Å²) in [7, 11) is 0. The van der Waals surface area contributed by atoms with Gasteiger partial charge in [-0.15, -0.1) is 17.0 Å². The van der Waals surface area contributed by atoms with E-state index in [2.05, 4.69) is 5.32 Å². The first-order chi connectivity index (χ1) is 2.89. The van der Waals surface area contributed by atoms with Gasteiger partial charge in [0.15, 0.2) is 0 Å². The van der Waals surface area contributed by atoms with Gasteiger partial charge in [0.25, 0.3) is 0 Å². The van der Waals surface area contributed by atoms with Crippen molar-refractivity contribution in [3.05, 3.63) is 0 Å². The SMILES string of the molecule is Br.O=C1CCCN1. The molecule has 1 fully saturated rings. The van der Waals surface area contributed by atoms with Gasteiger partial charge in [-0.2, -0.15) is 0 Å². The Labute approximate surface area is 53.1 Å². The second-order valence-electron chi connectivity index (χ2n) is 1.45. The second-order valence-corrected chi connectivity index (χ2v) is 1.45. The highest BCUT2D eigenvalue weighted by Gasteiger charge is 2.05. The highest BCUT2D eigenvalue weighted by atomic mass is 79.9. The lowest BCUT2D eigenvalue weighted by atomic mass is 10.4. The monoisotopic (exact) mass is 165 g/mol. The van der Waals surface area contributed by atoms with E-state index in [1.165, 1.54) is 0 Å². The molecule has 1 amide bonds. The normalized spacial score (nSPS) is 18.0. The first-order valence-electron chi connectivity index (χ1n) is 2.16. The molecule has 0 aromatic heterocycles. The molecular formula is C4H8BrNO. The number of carbonyl (C=O) groups is 1. The van der Waals surface area contributed by atoms with Crippen LogP contribution in [0, 0.1) is 0 Å². The van der Waals surface area contributed by atoms with E-state index in [0.29, 0.717) is 0 Å². The minimum absolute atomic E-state index is 0. The lowest BCUT2D eigenvalue weighted by molar-refractivity contribution is -0.119. The molecule has 0 aliphatic carbocycles. The molecule has 1 rings (SSSR count). The van der Waals surface area contributed by atoms with Gasteiger partial charge in [-0.05, 0) is 6.42 Å². The quantitative estimate of drug-likeness (QED) is 0.556. The maximum Gasteiger partial charge on any atom is 0.220 e. The van der Waals surface area contributed by atoms with Gasteiger partial charge in [0.1, 0.15) is 0 Å². The molecule has 0 aromatic carbocycles. The van der Waals surface area contributed by atoms with Crippen LogP contribution in [0.25, 0.3) is 0 Å². The molecule has 0 aromatic rings. The van der Waals surface area contributed by atoms with Crippen molar-refractivity contribution in [3.8, 4) is 0 Å². The third kappa shape index (κ3) is 1.92. The first kappa shape index (κ1) is 6.95. The Morgan fingerprint density at radius 1 is 1.57 bits per heavy atom. The molecule has 0 bridgehead atoms. The predicted octanol–water partition coefficient (Wildman–Crippen LogP) is 0.474. The standard InChI is InChI=1S/C4H7NO.BrH/c6-4-2-1-3-5-4;/h1-3H2,(H,5,6);1H. The Hall–Kier alpha value is -0.0500. The van der Waals surface area contributed by atoms with E-state index >= 15 is 0 Å². The van der Waals surface area contributed by atoms with Crippen LogP contribution in [0.3, 0.4) is 0 Å². The van der Waals surface area contributed by atoms with Gasteiger partial charge in [-0.25, -0.2) is 0 Å². The molecule has 7 heavy (non-hydrogen) atoms. The summed E-state index contributed by atoms with van der Waals surface area (Å²) in [4.78, 5) is 10.1. The molecular weight excluding hydrogens is 158 g/mol. The van der Waals surface area contributed by atoms with Gasteiger partial charge in [-0.1, -0.05) is 0 Å². The van der Waals surface area contributed by atoms with Crippen molar-refractivity contribution in [3.63, 3.8) is 0 Å². The van der Waals surface area contributed by atoms with Gasteiger partial charge in [0.2, 0.25) is 5.91 Å². The molecule has 2 nitrogen and oxygen atoms in total. The van der Waals surface area contributed by atoms with E-state index in [0.717, 1.165) is 19.4 Å². The molecule has 0 spiro atoms. The Morgan fingerprint density at radius 2 is 2.29 bits per heavy atom. The Balaban J connectivity index is 0.000000360. The van der Waals surface area contributed by atoms with Crippen LogP contribution in [0.4, 0.5) is 0 Å². The van der Waals surface area contributed by atoms with E-state index < -0.39 is 0 Å². The molecule has 0 saturated carbocycles. The van der Waals surface area contributed by atoms with Crippen molar-refractivity contribution in [1.29, 1.82) is 0 Å². The first-order valence-corrected chi connectivity index (χ1v) is 2.16. The van der Waals surface area contributed by atoms with E-state index in [-0.39, 0.29) is 22.9 Å². The number of carbonyl (C=O) groups excluding carboxylic acids is 1. The summed E-state index contributed by atoms with van der Waals surface area (Å²) in [5.41, 5.74) is 0. The summed E-state index contributed by atoms with van der Waals surface area (Å²) in [6.07, 6.45) is 1.76. The van der Waals surface area contributed by atoms with Crippen molar-refractivity contribution in [2.75, 3.05) is 6.54 Å². The minimum atomic E-state index is 0. The van der Waals surface area contributed by atoms with Crippen LogP contribution >= 0.6 is 17.0 Å². The van der Waals surface area contributed by atoms with Gasteiger partial charge in [-0.3, -0.25) is 4.79 Å². The molecule has 0 radical (unpaired) electrons. The lowest BCUT2D eigenvalue weighted by Crippen LogP contribution is -2.12. The third-order valence-corrected chi connectivity index (χ3v) is 0.903. The van der Waals surface area contributed by atoms with Crippen molar-refractivity contribution < 1.29 is 4.79 Å². The van der Waals surface area contributed by atoms with Crippen LogP contribution in [0.2, 0.25) is 0 Å². The predicted molar refractivity (Wildman–Crippen MR) is 32.6 cm³/mol. The average Bonchev–Trinajstić information content (AvgIpc) is 1.86. The van der Waals surface area contributed by atoms with Crippen molar-refractivity contribution in [2.24, 2.45) is 0 Å². The number of nitrogens with one attached hydrogen (secondary N) is 1.